The molecule has 0 aliphatic carbocycles. The summed E-state index contributed by atoms with van der Waals surface area (Å²) in [5.41, 5.74) is -0.971. The Bertz CT molecular complexity index is 1010. The number of hydrogen-bond donors (Lipinski definition) is 1. The molecule has 8 nitrogen and oxygen atoms in total. The number of likely N-dealkylation sites (tertiary alicyclic amines) is 1. The molecule has 1 aromatic rings. The lowest BCUT2D eigenvalue weighted by Gasteiger charge is -2.37. The lowest BCUT2D eigenvalue weighted by Crippen LogP contribution is -2.51. The van der Waals surface area contributed by atoms with Crippen molar-refractivity contribution in [3.8, 4) is 5.75 Å². The second-order valence-electron chi connectivity index (χ2n) is 8.90. The summed E-state index contributed by atoms with van der Waals surface area (Å²) in [7, 11) is -3.14. The number of nitrogens with one attached hydrogen (secondary N) is 1. The topological polar surface area (TPSA) is 110 Å². The Balaban J connectivity index is 1.41. The van der Waals surface area contributed by atoms with E-state index in [0.717, 1.165) is 0 Å². The molecule has 2 saturated heterocycles. The number of ketones is 1. The van der Waals surface area contributed by atoms with Gasteiger partial charge in [0.15, 0.2) is 15.6 Å². The highest BCUT2D eigenvalue weighted by Gasteiger charge is 2.44. The van der Waals surface area contributed by atoms with Crippen molar-refractivity contribution in [2.75, 3.05) is 24.6 Å². The van der Waals surface area contributed by atoms with E-state index in [-0.39, 0.29) is 48.5 Å². The summed E-state index contributed by atoms with van der Waals surface area (Å²) in [6.07, 6.45) is 1.65. The Morgan fingerprint density at radius 3 is 2.70 bits per heavy atom. The Hall–Kier alpha value is -2.42. The number of nitrogens with zero attached hydrogens (tertiary/aromatic N) is 1. The molecule has 2 atom stereocenters. The first-order valence-electron chi connectivity index (χ1n) is 10.2. The standard InChI is InChI=1S/C21H26N2O6S/c1-20(9-11-30(27,28)14-20)22-18(25)13-23-10-8-21(7-6-19(23)26)12-16(24)15-4-2-3-5-17(15)29-21/h2-5H,6-14H2,1H3,(H,22,25)/t20-,21-/m0/s1. The van der Waals surface area contributed by atoms with Crippen molar-refractivity contribution in [2.24, 2.45) is 0 Å². The number of rotatable bonds is 3. The zero-order valence-corrected chi connectivity index (χ0v) is 17.8. The lowest BCUT2D eigenvalue weighted by molar-refractivity contribution is -0.136. The van der Waals surface area contributed by atoms with Gasteiger partial charge >= 0.3 is 0 Å². The third-order valence-electron chi connectivity index (χ3n) is 6.26. The molecule has 30 heavy (non-hydrogen) atoms. The smallest absolute Gasteiger partial charge is 0.240 e. The molecule has 0 saturated carbocycles. The van der Waals surface area contributed by atoms with Gasteiger partial charge in [-0.25, -0.2) is 8.42 Å². The fraction of sp³-hybridized carbons (Fsp3) is 0.571. The molecule has 2 amide bonds. The third kappa shape index (κ3) is 4.21. The molecular weight excluding hydrogens is 408 g/mol. The van der Waals surface area contributed by atoms with E-state index in [9.17, 15) is 22.8 Å². The number of ether oxygens (including phenoxy) is 1. The van der Waals surface area contributed by atoms with Crippen molar-refractivity contribution >= 4 is 27.4 Å². The Morgan fingerprint density at radius 1 is 1.20 bits per heavy atom. The van der Waals surface area contributed by atoms with Crippen molar-refractivity contribution in [3.63, 3.8) is 0 Å². The molecule has 2 fully saturated rings. The number of carbonyl (C=O) groups excluding carboxylic acids is 3. The number of benzene rings is 1. The molecular formula is C21H26N2O6S. The van der Waals surface area contributed by atoms with E-state index in [4.69, 9.17) is 4.74 Å². The van der Waals surface area contributed by atoms with Crippen LogP contribution in [0.5, 0.6) is 5.75 Å². The summed E-state index contributed by atoms with van der Waals surface area (Å²) in [4.78, 5) is 39.3. The van der Waals surface area contributed by atoms with Gasteiger partial charge in [0, 0.05) is 19.4 Å². The summed E-state index contributed by atoms with van der Waals surface area (Å²) >= 11 is 0. The van der Waals surface area contributed by atoms with E-state index in [1.54, 1.807) is 25.1 Å². The summed E-state index contributed by atoms with van der Waals surface area (Å²) < 4.78 is 29.7. The molecule has 0 bridgehead atoms. The van der Waals surface area contributed by atoms with Gasteiger partial charge in [-0.3, -0.25) is 14.4 Å². The van der Waals surface area contributed by atoms with Crippen LogP contribution in [-0.2, 0) is 19.4 Å². The SMILES string of the molecule is C[C@]1(NC(=O)CN2CC[C@@]3(CCC2=O)CC(=O)c2ccccc2O3)CCS(=O)(=O)C1. The Labute approximate surface area is 175 Å². The zero-order chi connectivity index (χ0) is 21.6. The van der Waals surface area contributed by atoms with Crippen molar-refractivity contribution in [1.29, 1.82) is 0 Å². The molecule has 1 spiro atoms. The predicted molar refractivity (Wildman–Crippen MR) is 109 cm³/mol. The molecule has 0 aromatic heterocycles. The van der Waals surface area contributed by atoms with Crippen LogP contribution < -0.4 is 10.1 Å². The van der Waals surface area contributed by atoms with Crippen LogP contribution in [0.4, 0.5) is 0 Å². The van der Waals surface area contributed by atoms with Crippen LogP contribution in [0.25, 0.3) is 0 Å². The zero-order valence-electron chi connectivity index (χ0n) is 17.0. The van der Waals surface area contributed by atoms with E-state index in [0.29, 0.717) is 37.1 Å². The highest BCUT2D eigenvalue weighted by molar-refractivity contribution is 7.91. The summed E-state index contributed by atoms with van der Waals surface area (Å²) in [6.45, 7) is 1.89. The van der Waals surface area contributed by atoms with Gasteiger partial charge in [-0.2, -0.15) is 0 Å². The van der Waals surface area contributed by atoms with Crippen LogP contribution in [0.3, 0.4) is 0 Å². The Morgan fingerprint density at radius 2 is 1.97 bits per heavy atom. The number of para-hydroxylation sites is 1. The van der Waals surface area contributed by atoms with E-state index >= 15 is 0 Å². The van der Waals surface area contributed by atoms with E-state index < -0.39 is 21.0 Å². The van der Waals surface area contributed by atoms with Gasteiger partial charge < -0.3 is 15.0 Å². The van der Waals surface area contributed by atoms with Gasteiger partial charge in [0.1, 0.15) is 11.4 Å². The largest absolute Gasteiger partial charge is 0.486 e. The maximum atomic E-state index is 12.6. The predicted octanol–water partition coefficient (Wildman–Crippen LogP) is 1.10. The monoisotopic (exact) mass is 434 g/mol. The molecule has 3 heterocycles. The lowest BCUT2D eigenvalue weighted by atomic mass is 9.84. The molecule has 3 aliphatic heterocycles. The molecule has 1 N–H and O–H groups in total. The first kappa shape index (κ1) is 20.8. The summed E-state index contributed by atoms with van der Waals surface area (Å²) in [6, 6.07) is 7.12. The van der Waals surface area contributed by atoms with Crippen molar-refractivity contribution in [2.45, 2.75) is 50.2 Å². The van der Waals surface area contributed by atoms with Crippen molar-refractivity contribution in [3.05, 3.63) is 29.8 Å². The maximum Gasteiger partial charge on any atom is 0.240 e. The second kappa shape index (κ2) is 7.37. The van der Waals surface area contributed by atoms with E-state index in [2.05, 4.69) is 5.32 Å². The Kier molecular flexibility index (Phi) is 5.12. The van der Waals surface area contributed by atoms with E-state index in [1.165, 1.54) is 4.90 Å². The van der Waals surface area contributed by atoms with Crippen molar-refractivity contribution < 1.29 is 27.5 Å². The number of Topliss-reactive ketones (excluding diaryl/α,β-unsaturated/α-hetero) is 1. The van der Waals surface area contributed by atoms with Crippen LogP contribution in [0.1, 0.15) is 49.4 Å². The minimum Gasteiger partial charge on any atom is -0.486 e. The third-order valence-corrected chi connectivity index (χ3v) is 8.16. The number of sulfone groups is 1. The van der Waals surface area contributed by atoms with Gasteiger partial charge in [-0.05, 0) is 31.9 Å². The molecule has 9 heteroatoms. The van der Waals surface area contributed by atoms with Gasteiger partial charge in [-0.1, -0.05) is 12.1 Å². The van der Waals surface area contributed by atoms with Crippen molar-refractivity contribution in [1.82, 2.24) is 10.2 Å². The fourth-order valence-electron chi connectivity index (χ4n) is 4.63. The van der Waals surface area contributed by atoms with Crippen LogP contribution in [-0.4, -0.2) is 66.7 Å². The van der Waals surface area contributed by atoms with Gasteiger partial charge in [0.25, 0.3) is 0 Å². The average Bonchev–Trinajstić information content (AvgIpc) is 2.87. The molecule has 162 valence electrons. The highest BCUT2D eigenvalue weighted by Crippen LogP contribution is 2.39. The summed E-state index contributed by atoms with van der Waals surface area (Å²) in [5.74, 6) is -0.0143. The maximum absolute atomic E-state index is 12.6. The molecule has 1 aromatic carbocycles. The van der Waals surface area contributed by atoms with Crippen LogP contribution in [0, 0.1) is 0 Å². The number of amides is 2. The van der Waals surface area contributed by atoms with E-state index in [1.807, 2.05) is 6.07 Å². The second-order valence-corrected chi connectivity index (χ2v) is 11.1. The first-order valence-corrected chi connectivity index (χ1v) is 12.0. The van der Waals surface area contributed by atoms with Crippen LogP contribution in [0.15, 0.2) is 24.3 Å². The quantitative estimate of drug-likeness (QED) is 0.763. The number of fused-ring (bicyclic) bond motifs is 1. The first-order chi connectivity index (χ1) is 14.1. The summed E-state index contributed by atoms with van der Waals surface area (Å²) in [5, 5.41) is 2.79. The molecule has 4 rings (SSSR count). The van der Waals surface area contributed by atoms with Gasteiger partial charge in [0.2, 0.25) is 11.8 Å². The molecule has 0 radical (unpaired) electrons. The fourth-order valence-corrected chi connectivity index (χ4v) is 6.72. The van der Waals surface area contributed by atoms with Crippen LogP contribution in [0.2, 0.25) is 0 Å². The molecule has 3 aliphatic rings. The normalized spacial score (nSPS) is 30.5. The highest BCUT2D eigenvalue weighted by atomic mass is 32.2. The van der Waals surface area contributed by atoms with Crippen LogP contribution >= 0.6 is 0 Å². The number of carbonyl (C=O) groups is 3. The number of hydrogen-bond acceptors (Lipinski definition) is 6. The minimum absolute atomic E-state index is 0.00543. The van der Waals surface area contributed by atoms with Gasteiger partial charge in [-0.15, -0.1) is 0 Å². The average molecular weight is 435 g/mol. The molecule has 0 unspecified atom stereocenters. The minimum atomic E-state index is -3.14. The van der Waals surface area contributed by atoms with Gasteiger partial charge in [0.05, 0.1) is 35.6 Å².